The Balaban J connectivity index is 1.58. The fourth-order valence-electron chi connectivity index (χ4n) is 7.91. The van der Waals surface area contributed by atoms with Crippen molar-refractivity contribution in [1.29, 1.82) is 0 Å². The quantitative estimate of drug-likeness (QED) is 0.191. The number of aryl methyl sites for hydroxylation is 1. The Hall–Kier alpha value is -6.19. The van der Waals surface area contributed by atoms with Gasteiger partial charge in [-0.15, -0.1) is 0 Å². The van der Waals surface area contributed by atoms with E-state index in [2.05, 4.69) is 133 Å². The lowest BCUT2D eigenvalue weighted by molar-refractivity contribution is 0.999. The Morgan fingerprint density at radius 2 is 0.750 bits per heavy atom. The maximum atomic E-state index is 5.45. The first-order valence-electron chi connectivity index (χ1n) is 16.6. The standard InChI is InChI=1S/C45H29N3/c1-4-16-28(17-5-1)46-43-34-25-13-10-22-31(34)37-40(43)38-32-23-11-14-26-35(32)44(47-29-18-6-2-7-19-29)42(38)39-33-24-12-15-27-36(33)45(41(37)39)48-30-20-8-3-9-21-30/h1-11,13-23,25-27H,12,24H2. The Morgan fingerprint density at radius 3 is 1.25 bits per heavy atom. The second kappa shape index (κ2) is 10.7. The molecule has 0 N–H and O–H groups in total. The molecule has 0 bridgehead atoms. The van der Waals surface area contributed by atoms with E-state index in [1.54, 1.807) is 0 Å². The van der Waals surface area contributed by atoms with E-state index >= 15 is 0 Å². The maximum absolute atomic E-state index is 5.45. The first kappa shape index (κ1) is 27.0. The van der Waals surface area contributed by atoms with Gasteiger partial charge in [0.15, 0.2) is 0 Å². The third kappa shape index (κ3) is 3.98. The van der Waals surface area contributed by atoms with Gasteiger partial charge in [-0.25, -0.2) is 15.0 Å². The molecule has 0 unspecified atom stereocenters. The van der Waals surface area contributed by atoms with Crippen LogP contribution in [0.2, 0.25) is 0 Å². The molecule has 0 saturated heterocycles. The highest BCUT2D eigenvalue weighted by atomic mass is 14.7. The molecule has 0 atom stereocenters. The van der Waals surface area contributed by atoms with Crippen LogP contribution in [0.3, 0.4) is 0 Å². The number of nitrogens with zero attached hydrogens (tertiary/aromatic N) is 3. The fraction of sp³-hybridized carbons (Fsp3) is 0.0444. The number of hydrogen-bond acceptors (Lipinski definition) is 3. The number of para-hydroxylation sites is 3. The second-order valence-electron chi connectivity index (χ2n) is 12.6. The average molecular weight is 612 g/mol. The molecule has 1 aliphatic rings. The van der Waals surface area contributed by atoms with Crippen LogP contribution in [0.25, 0.3) is 59.9 Å². The summed E-state index contributed by atoms with van der Waals surface area (Å²) in [5.74, 6) is 0. The van der Waals surface area contributed by atoms with Crippen LogP contribution in [0.5, 0.6) is 0 Å². The van der Waals surface area contributed by atoms with E-state index in [0.29, 0.717) is 0 Å². The van der Waals surface area contributed by atoms with Gasteiger partial charge in [0.05, 0.1) is 33.1 Å². The zero-order valence-corrected chi connectivity index (χ0v) is 26.2. The zero-order valence-electron chi connectivity index (χ0n) is 26.2. The Bertz CT molecular complexity index is 2910. The maximum Gasteiger partial charge on any atom is 0.0800 e. The molecule has 3 nitrogen and oxygen atoms in total. The average Bonchev–Trinajstić information content (AvgIpc) is 3.76. The van der Waals surface area contributed by atoms with Crippen LogP contribution in [-0.2, 0) is 6.42 Å². The fourth-order valence-corrected chi connectivity index (χ4v) is 7.91. The summed E-state index contributed by atoms with van der Waals surface area (Å²) in [6.07, 6.45) is 6.56. The molecule has 48 heavy (non-hydrogen) atoms. The topological polar surface area (TPSA) is 37.1 Å². The van der Waals surface area contributed by atoms with E-state index in [0.717, 1.165) is 56.7 Å². The molecule has 0 heterocycles. The van der Waals surface area contributed by atoms with Gasteiger partial charge in [0.1, 0.15) is 0 Å². The minimum atomic E-state index is 0.937. The van der Waals surface area contributed by atoms with E-state index in [9.17, 15) is 0 Å². The number of fused-ring (bicyclic) bond motifs is 12. The van der Waals surface area contributed by atoms with Crippen molar-refractivity contribution in [2.75, 3.05) is 0 Å². The summed E-state index contributed by atoms with van der Waals surface area (Å²) < 4.78 is 0. The summed E-state index contributed by atoms with van der Waals surface area (Å²) in [5.41, 5.74) is 5.41. The lowest BCUT2D eigenvalue weighted by atomic mass is 9.95. The SMILES string of the molecule is C1=Cc2c(c3c(c2=Nc2ccccc2)c2c4ccccc4c(=Nc4ccccc4)c2c2c4ccccc4c(=Nc4ccccc4)c32)CC1. The molecular formula is C45H29N3. The normalized spacial score (nSPS) is 14.4. The molecule has 0 radical (unpaired) electrons. The van der Waals surface area contributed by atoms with Crippen molar-refractivity contribution in [3.8, 4) is 0 Å². The van der Waals surface area contributed by atoms with Gasteiger partial charge in [0.2, 0.25) is 0 Å². The Morgan fingerprint density at radius 1 is 0.354 bits per heavy atom. The third-order valence-electron chi connectivity index (χ3n) is 9.83. The van der Waals surface area contributed by atoms with Gasteiger partial charge in [-0.05, 0) is 71.0 Å². The van der Waals surface area contributed by atoms with Crippen LogP contribution in [0.15, 0.2) is 161 Å². The molecule has 0 aromatic heterocycles. The van der Waals surface area contributed by atoms with E-state index in [-0.39, 0.29) is 0 Å². The predicted octanol–water partition coefficient (Wildman–Crippen LogP) is 10.4. The summed E-state index contributed by atoms with van der Waals surface area (Å²) in [6.45, 7) is 0. The molecule has 3 heteroatoms. The molecule has 224 valence electrons. The lowest BCUT2D eigenvalue weighted by Gasteiger charge is -2.08. The summed E-state index contributed by atoms with van der Waals surface area (Å²) in [4.78, 5) is 16.3. The van der Waals surface area contributed by atoms with Crippen molar-refractivity contribution in [2.45, 2.75) is 12.8 Å². The summed E-state index contributed by atoms with van der Waals surface area (Å²) >= 11 is 0. The first-order valence-corrected chi connectivity index (χ1v) is 16.6. The van der Waals surface area contributed by atoms with Crippen LogP contribution in [0.4, 0.5) is 17.1 Å². The second-order valence-corrected chi connectivity index (χ2v) is 12.6. The van der Waals surface area contributed by atoms with Crippen molar-refractivity contribution in [2.24, 2.45) is 15.0 Å². The smallest absolute Gasteiger partial charge is 0.0800 e. The van der Waals surface area contributed by atoms with Crippen LogP contribution in [-0.4, -0.2) is 0 Å². The molecule has 1 aliphatic carbocycles. The summed E-state index contributed by atoms with van der Waals surface area (Å²) in [6, 6.07) is 48.6. The number of allylic oxidation sites excluding steroid dienone is 1. The molecule has 0 aliphatic heterocycles. The van der Waals surface area contributed by atoms with Crippen molar-refractivity contribution in [3.05, 3.63) is 173 Å². The molecule has 0 fully saturated rings. The van der Waals surface area contributed by atoms with Crippen molar-refractivity contribution in [1.82, 2.24) is 0 Å². The van der Waals surface area contributed by atoms with Crippen molar-refractivity contribution >= 4 is 77.0 Å². The molecule has 10 rings (SSSR count). The van der Waals surface area contributed by atoms with Gasteiger partial charge in [0.25, 0.3) is 0 Å². The van der Waals surface area contributed by atoms with Crippen LogP contribution >= 0.6 is 0 Å². The van der Waals surface area contributed by atoms with Crippen LogP contribution in [0, 0.1) is 0 Å². The molecule has 0 amide bonds. The van der Waals surface area contributed by atoms with Crippen LogP contribution in [0.1, 0.15) is 17.5 Å². The van der Waals surface area contributed by atoms with Crippen LogP contribution < -0.4 is 16.1 Å². The summed E-state index contributed by atoms with van der Waals surface area (Å²) in [7, 11) is 0. The van der Waals surface area contributed by atoms with E-state index < -0.39 is 0 Å². The van der Waals surface area contributed by atoms with E-state index in [1.807, 2.05) is 18.2 Å². The highest BCUT2D eigenvalue weighted by Gasteiger charge is 2.27. The van der Waals surface area contributed by atoms with Gasteiger partial charge in [-0.2, -0.15) is 0 Å². The summed E-state index contributed by atoms with van der Waals surface area (Å²) in [5, 5.41) is 15.1. The monoisotopic (exact) mass is 611 g/mol. The van der Waals surface area contributed by atoms with Gasteiger partial charge in [-0.1, -0.05) is 115 Å². The number of benzene rings is 6. The zero-order chi connectivity index (χ0) is 31.6. The molecule has 9 aromatic carbocycles. The molecule has 9 aromatic rings. The Labute approximate surface area is 276 Å². The van der Waals surface area contributed by atoms with Gasteiger partial charge >= 0.3 is 0 Å². The van der Waals surface area contributed by atoms with Gasteiger partial charge < -0.3 is 0 Å². The predicted molar refractivity (Wildman–Crippen MR) is 200 cm³/mol. The highest BCUT2D eigenvalue weighted by molar-refractivity contribution is 6.39. The Kier molecular flexibility index (Phi) is 6.00. The first-order chi connectivity index (χ1) is 23.8. The van der Waals surface area contributed by atoms with Crippen molar-refractivity contribution in [3.63, 3.8) is 0 Å². The number of rotatable bonds is 3. The number of hydrogen-bond donors (Lipinski definition) is 0. The van der Waals surface area contributed by atoms with Gasteiger partial charge in [-0.3, -0.25) is 0 Å². The molecular weight excluding hydrogens is 583 g/mol. The lowest BCUT2D eigenvalue weighted by Crippen LogP contribution is -2.05. The largest absolute Gasteiger partial charge is 0.248 e. The van der Waals surface area contributed by atoms with Crippen molar-refractivity contribution < 1.29 is 0 Å². The highest BCUT2D eigenvalue weighted by Crippen LogP contribution is 2.44. The van der Waals surface area contributed by atoms with E-state index in [4.69, 9.17) is 15.0 Å². The minimum absolute atomic E-state index is 0.937. The minimum Gasteiger partial charge on any atom is -0.248 e. The van der Waals surface area contributed by atoms with E-state index in [1.165, 1.54) is 54.2 Å². The molecule has 0 saturated carbocycles. The molecule has 0 spiro atoms. The van der Waals surface area contributed by atoms with Gasteiger partial charge in [0, 0.05) is 43.3 Å². The third-order valence-corrected chi connectivity index (χ3v) is 9.83.